The molecule has 1 aliphatic heterocycles. The van der Waals surface area contributed by atoms with Crippen LogP contribution in [0.4, 0.5) is 0 Å². The van der Waals surface area contributed by atoms with E-state index in [2.05, 4.69) is 18.2 Å². The third-order valence-electron chi connectivity index (χ3n) is 2.97. The highest BCUT2D eigenvalue weighted by Gasteiger charge is 2.18. The Kier molecular flexibility index (Phi) is 4.53. The zero-order chi connectivity index (χ0) is 13.7. The molecule has 1 unspecified atom stereocenters. The van der Waals surface area contributed by atoms with Crippen LogP contribution in [-0.4, -0.2) is 26.4 Å². The van der Waals surface area contributed by atoms with E-state index in [1.165, 1.54) is 0 Å². The maximum atomic E-state index is 5.60. The fraction of sp³-hybridized carbons (Fsp3) is 0.467. The van der Waals surface area contributed by atoms with E-state index in [1.54, 1.807) is 7.11 Å². The summed E-state index contributed by atoms with van der Waals surface area (Å²) >= 11 is 0. The molecule has 0 fully saturated rings. The molecule has 1 aliphatic rings. The van der Waals surface area contributed by atoms with E-state index in [-0.39, 0.29) is 6.04 Å². The van der Waals surface area contributed by atoms with Crippen molar-refractivity contribution in [2.45, 2.75) is 25.9 Å². The van der Waals surface area contributed by atoms with Gasteiger partial charge in [0.05, 0.1) is 7.11 Å². The van der Waals surface area contributed by atoms with Crippen molar-refractivity contribution in [2.75, 3.05) is 20.3 Å². The SMILES string of the molecule is C#CCC(C)NCc1cc(OC)c2c(c1)OCCO2. The van der Waals surface area contributed by atoms with Crippen LogP contribution in [0.25, 0.3) is 0 Å². The molecule has 1 aromatic rings. The maximum absolute atomic E-state index is 5.60. The second-order valence-electron chi connectivity index (χ2n) is 4.51. The molecule has 1 heterocycles. The van der Waals surface area contributed by atoms with E-state index >= 15 is 0 Å². The first kappa shape index (κ1) is 13.6. The van der Waals surface area contributed by atoms with Gasteiger partial charge in [-0.25, -0.2) is 0 Å². The Morgan fingerprint density at radius 1 is 1.42 bits per heavy atom. The molecule has 19 heavy (non-hydrogen) atoms. The van der Waals surface area contributed by atoms with Gasteiger partial charge in [-0.1, -0.05) is 0 Å². The van der Waals surface area contributed by atoms with Crippen LogP contribution in [0.1, 0.15) is 18.9 Å². The summed E-state index contributed by atoms with van der Waals surface area (Å²) in [6.07, 6.45) is 6.00. The standard InChI is InChI=1S/C15H19NO3/c1-4-5-11(2)16-10-12-8-13(17-3)15-14(9-12)18-6-7-19-15/h1,8-9,11,16H,5-7,10H2,2-3H3. The van der Waals surface area contributed by atoms with Crippen LogP contribution in [-0.2, 0) is 6.54 Å². The van der Waals surface area contributed by atoms with E-state index in [9.17, 15) is 0 Å². The summed E-state index contributed by atoms with van der Waals surface area (Å²) in [5.74, 6) is 4.78. The molecule has 0 radical (unpaired) electrons. The number of ether oxygens (including phenoxy) is 3. The average molecular weight is 261 g/mol. The predicted octanol–water partition coefficient (Wildman–Crippen LogP) is 1.97. The zero-order valence-electron chi connectivity index (χ0n) is 11.4. The number of hydrogen-bond acceptors (Lipinski definition) is 4. The third-order valence-corrected chi connectivity index (χ3v) is 2.97. The third kappa shape index (κ3) is 3.33. The van der Waals surface area contributed by atoms with Gasteiger partial charge in [0.15, 0.2) is 11.5 Å². The fourth-order valence-electron chi connectivity index (χ4n) is 1.97. The lowest BCUT2D eigenvalue weighted by molar-refractivity contribution is 0.165. The van der Waals surface area contributed by atoms with Crippen LogP contribution in [0.2, 0.25) is 0 Å². The molecule has 4 nitrogen and oxygen atoms in total. The normalized spacial score (nSPS) is 14.6. The lowest BCUT2D eigenvalue weighted by Gasteiger charge is -2.22. The lowest BCUT2D eigenvalue weighted by Crippen LogP contribution is -2.25. The molecule has 1 atom stereocenters. The van der Waals surface area contributed by atoms with Crippen LogP contribution >= 0.6 is 0 Å². The van der Waals surface area contributed by atoms with Gasteiger partial charge < -0.3 is 19.5 Å². The van der Waals surface area contributed by atoms with Crippen LogP contribution in [0.3, 0.4) is 0 Å². The molecule has 102 valence electrons. The Balaban J connectivity index is 2.11. The summed E-state index contributed by atoms with van der Waals surface area (Å²) in [6.45, 7) is 3.91. The molecular formula is C15H19NO3. The molecule has 0 amide bonds. The first-order valence-corrected chi connectivity index (χ1v) is 6.38. The van der Waals surface area contributed by atoms with Gasteiger partial charge >= 0.3 is 0 Å². The Bertz CT molecular complexity index is 462. The molecule has 1 aromatic carbocycles. The minimum absolute atomic E-state index is 0.282. The smallest absolute Gasteiger partial charge is 0.203 e. The predicted molar refractivity (Wildman–Crippen MR) is 73.7 cm³/mol. The Morgan fingerprint density at radius 2 is 2.21 bits per heavy atom. The molecular weight excluding hydrogens is 242 g/mol. The van der Waals surface area contributed by atoms with Crippen molar-refractivity contribution in [3.05, 3.63) is 17.7 Å². The van der Waals surface area contributed by atoms with E-state index < -0.39 is 0 Å². The van der Waals surface area contributed by atoms with Gasteiger partial charge in [0.25, 0.3) is 0 Å². The highest BCUT2D eigenvalue weighted by molar-refractivity contribution is 5.54. The van der Waals surface area contributed by atoms with Crippen LogP contribution in [0.5, 0.6) is 17.2 Å². The fourth-order valence-corrected chi connectivity index (χ4v) is 1.97. The number of rotatable bonds is 5. The Labute approximate surface area is 114 Å². The molecule has 4 heteroatoms. The molecule has 0 aromatic heterocycles. The zero-order valence-corrected chi connectivity index (χ0v) is 11.4. The average Bonchev–Trinajstić information content (AvgIpc) is 2.44. The second kappa shape index (κ2) is 6.35. The molecule has 0 aliphatic carbocycles. The number of terminal acetylenes is 1. The van der Waals surface area contributed by atoms with Crippen LogP contribution < -0.4 is 19.5 Å². The number of nitrogens with one attached hydrogen (secondary N) is 1. The van der Waals surface area contributed by atoms with E-state index in [4.69, 9.17) is 20.6 Å². The van der Waals surface area contributed by atoms with Gasteiger partial charge in [-0.2, -0.15) is 0 Å². The van der Waals surface area contributed by atoms with Gasteiger partial charge in [0.1, 0.15) is 13.2 Å². The van der Waals surface area contributed by atoms with Crippen molar-refractivity contribution in [1.82, 2.24) is 5.32 Å². The minimum Gasteiger partial charge on any atom is -0.493 e. The van der Waals surface area contributed by atoms with Gasteiger partial charge in [-0.05, 0) is 24.6 Å². The number of hydrogen-bond donors (Lipinski definition) is 1. The summed E-state index contributed by atoms with van der Waals surface area (Å²) in [4.78, 5) is 0. The summed E-state index contributed by atoms with van der Waals surface area (Å²) < 4.78 is 16.5. The summed E-state index contributed by atoms with van der Waals surface area (Å²) in [7, 11) is 1.63. The van der Waals surface area contributed by atoms with Crippen molar-refractivity contribution >= 4 is 0 Å². The Hall–Kier alpha value is -1.86. The molecule has 0 bridgehead atoms. The summed E-state index contributed by atoms with van der Waals surface area (Å²) in [5, 5.41) is 3.36. The second-order valence-corrected chi connectivity index (χ2v) is 4.51. The number of methoxy groups -OCH3 is 1. The van der Waals surface area contributed by atoms with E-state index in [0.717, 1.165) is 17.9 Å². The van der Waals surface area contributed by atoms with Gasteiger partial charge in [0.2, 0.25) is 5.75 Å². The van der Waals surface area contributed by atoms with Crippen molar-refractivity contribution in [1.29, 1.82) is 0 Å². The molecule has 0 saturated heterocycles. The molecule has 2 rings (SSSR count). The van der Waals surface area contributed by atoms with Crippen molar-refractivity contribution in [3.8, 4) is 29.6 Å². The Morgan fingerprint density at radius 3 is 2.95 bits per heavy atom. The van der Waals surface area contributed by atoms with Gasteiger partial charge in [-0.3, -0.25) is 0 Å². The molecule has 1 N–H and O–H groups in total. The van der Waals surface area contributed by atoms with Crippen molar-refractivity contribution in [3.63, 3.8) is 0 Å². The lowest BCUT2D eigenvalue weighted by atomic mass is 10.1. The van der Waals surface area contributed by atoms with E-state index in [0.29, 0.717) is 31.1 Å². The minimum atomic E-state index is 0.282. The number of fused-ring (bicyclic) bond motifs is 1. The molecule has 0 saturated carbocycles. The first-order valence-electron chi connectivity index (χ1n) is 6.38. The van der Waals surface area contributed by atoms with Crippen LogP contribution in [0, 0.1) is 12.3 Å². The van der Waals surface area contributed by atoms with Crippen molar-refractivity contribution in [2.24, 2.45) is 0 Å². The van der Waals surface area contributed by atoms with E-state index in [1.807, 2.05) is 12.1 Å². The number of benzene rings is 1. The van der Waals surface area contributed by atoms with Gasteiger partial charge in [-0.15, -0.1) is 12.3 Å². The van der Waals surface area contributed by atoms with Crippen molar-refractivity contribution < 1.29 is 14.2 Å². The maximum Gasteiger partial charge on any atom is 0.203 e. The molecule has 0 spiro atoms. The van der Waals surface area contributed by atoms with Crippen LogP contribution in [0.15, 0.2) is 12.1 Å². The van der Waals surface area contributed by atoms with Gasteiger partial charge in [0, 0.05) is 19.0 Å². The highest BCUT2D eigenvalue weighted by Crippen LogP contribution is 2.40. The summed E-state index contributed by atoms with van der Waals surface area (Å²) in [5.41, 5.74) is 1.09. The summed E-state index contributed by atoms with van der Waals surface area (Å²) in [6, 6.07) is 4.22. The largest absolute Gasteiger partial charge is 0.493 e. The first-order chi connectivity index (χ1) is 9.24. The monoisotopic (exact) mass is 261 g/mol. The highest BCUT2D eigenvalue weighted by atomic mass is 16.6. The topological polar surface area (TPSA) is 39.7 Å². The quantitative estimate of drug-likeness (QED) is 0.823.